The summed E-state index contributed by atoms with van der Waals surface area (Å²) in [5.74, 6) is 0.373. The lowest BCUT2D eigenvalue weighted by Crippen LogP contribution is -2.40. The topological polar surface area (TPSA) is 79.1 Å². The van der Waals surface area contributed by atoms with Gasteiger partial charge in [0, 0.05) is 5.56 Å². The van der Waals surface area contributed by atoms with E-state index in [9.17, 15) is 9.59 Å². The van der Waals surface area contributed by atoms with Gasteiger partial charge in [-0.3, -0.25) is 9.36 Å². The van der Waals surface area contributed by atoms with Gasteiger partial charge in [0.05, 0.1) is 46.2 Å². The number of carbonyl (C=O) groups is 1. The van der Waals surface area contributed by atoms with E-state index in [0.29, 0.717) is 54.3 Å². The number of esters is 1. The highest BCUT2D eigenvalue weighted by molar-refractivity contribution is 7.07. The summed E-state index contributed by atoms with van der Waals surface area (Å²) < 4.78 is 18.7. The number of hydrogen-bond donors (Lipinski definition) is 0. The Bertz CT molecular complexity index is 1540. The number of rotatable bonds is 7. The summed E-state index contributed by atoms with van der Waals surface area (Å²) >= 11 is 13.7. The molecule has 1 aliphatic heterocycles. The average molecular weight is 547 g/mol. The van der Waals surface area contributed by atoms with Gasteiger partial charge in [0.25, 0.3) is 5.56 Å². The quantitative estimate of drug-likeness (QED) is 0.407. The normalized spacial score (nSPS) is 15.4. The Morgan fingerprint density at radius 3 is 2.61 bits per heavy atom. The first-order valence-electron chi connectivity index (χ1n) is 11.3. The van der Waals surface area contributed by atoms with E-state index in [4.69, 9.17) is 37.4 Å². The van der Waals surface area contributed by atoms with Crippen molar-refractivity contribution in [2.45, 2.75) is 26.8 Å². The largest absolute Gasteiger partial charge is 0.493 e. The van der Waals surface area contributed by atoms with Gasteiger partial charge in [-0.2, -0.15) is 0 Å². The second-order valence-corrected chi connectivity index (χ2v) is 9.55. The second-order valence-electron chi connectivity index (χ2n) is 7.76. The summed E-state index contributed by atoms with van der Waals surface area (Å²) in [7, 11) is 1.54. The summed E-state index contributed by atoms with van der Waals surface area (Å²) in [5, 5.41) is 0.727. The third-order valence-corrected chi connectivity index (χ3v) is 7.41. The maximum atomic E-state index is 13.8. The van der Waals surface area contributed by atoms with Crippen LogP contribution in [0.15, 0.2) is 57.5 Å². The molecule has 7 nitrogen and oxygen atoms in total. The molecule has 36 heavy (non-hydrogen) atoms. The van der Waals surface area contributed by atoms with E-state index < -0.39 is 12.0 Å². The van der Waals surface area contributed by atoms with Gasteiger partial charge in [0.1, 0.15) is 6.04 Å². The van der Waals surface area contributed by atoms with Crippen molar-refractivity contribution < 1.29 is 19.0 Å². The highest BCUT2D eigenvalue weighted by Gasteiger charge is 2.36. The summed E-state index contributed by atoms with van der Waals surface area (Å²) in [5.41, 5.74) is 1.56. The molecule has 0 spiro atoms. The molecule has 0 amide bonds. The highest BCUT2D eigenvalue weighted by atomic mass is 35.5. The van der Waals surface area contributed by atoms with Gasteiger partial charge >= 0.3 is 5.97 Å². The van der Waals surface area contributed by atoms with Gasteiger partial charge < -0.3 is 14.2 Å². The summed E-state index contributed by atoms with van der Waals surface area (Å²) in [6, 6.07) is 9.73. The highest BCUT2D eigenvalue weighted by Crippen LogP contribution is 2.40. The number of fused-ring (bicyclic) bond motifs is 1. The zero-order chi connectivity index (χ0) is 26.0. The van der Waals surface area contributed by atoms with Crippen LogP contribution < -0.4 is 24.4 Å². The third-order valence-electron chi connectivity index (χ3n) is 5.60. The third kappa shape index (κ3) is 4.68. The lowest BCUT2D eigenvalue weighted by molar-refractivity contribution is -0.139. The van der Waals surface area contributed by atoms with Crippen molar-refractivity contribution in [3.8, 4) is 11.5 Å². The molecule has 0 saturated carbocycles. The first-order valence-corrected chi connectivity index (χ1v) is 12.8. The molecular weight excluding hydrogens is 523 g/mol. The standard InChI is InChI=1S/C26H24Cl2N2O5S/c1-5-34-23-16(10-8-12-18(23)33-4)22-20(25(32)35-6-2)14(3)29-26-30(22)24(31)19(36-26)13-15-9-7-11-17(27)21(15)28/h7-13,22H,5-6H2,1-4H3/b19-13+/t22-/m1/s1. The van der Waals surface area contributed by atoms with E-state index >= 15 is 0 Å². The Morgan fingerprint density at radius 2 is 1.92 bits per heavy atom. The maximum absolute atomic E-state index is 13.8. The average Bonchev–Trinajstić information content (AvgIpc) is 3.16. The Morgan fingerprint density at radius 1 is 1.17 bits per heavy atom. The first-order chi connectivity index (χ1) is 17.3. The molecule has 0 saturated heterocycles. The maximum Gasteiger partial charge on any atom is 0.338 e. The summed E-state index contributed by atoms with van der Waals surface area (Å²) in [6.45, 7) is 5.84. The molecule has 4 rings (SSSR count). The predicted octanol–water partition coefficient (Wildman–Crippen LogP) is 4.51. The van der Waals surface area contributed by atoms with Crippen LogP contribution in [0.4, 0.5) is 0 Å². The molecule has 0 unspecified atom stereocenters. The molecule has 2 heterocycles. The Balaban J connectivity index is 2.04. The van der Waals surface area contributed by atoms with Crippen LogP contribution in [0.2, 0.25) is 10.0 Å². The molecule has 0 N–H and O–H groups in total. The summed E-state index contributed by atoms with van der Waals surface area (Å²) in [6.07, 6.45) is 1.67. The Kier molecular flexibility index (Phi) is 7.88. The fourth-order valence-corrected chi connectivity index (χ4v) is 5.47. The molecule has 0 bridgehead atoms. The number of carbonyl (C=O) groups excluding carboxylic acids is 1. The number of allylic oxidation sites excluding steroid dienone is 1. The van der Waals surface area contributed by atoms with Crippen molar-refractivity contribution in [2.75, 3.05) is 20.3 Å². The summed E-state index contributed by atoms with van der Waals surface area (Å²) in [4.78, 5) is 32.0. The number of aromatic nitrogens is 1. The van der Waals surface area contributed by atoms with Crippen LogP contribution in [0.5, 0.6) is 11.5 Å². The molecule has 3 aromatic rings. The van der Waals surface area contributed by atoms with Gasteiger partial charge in [-0.1, -0.05) is 58.8 Å². The number of halogens is 2. The van der Waals surface area contributed by atoms with E-state index in [2.05, 4.69) is 4.99 Å². The molecule has 1 atom stereocenters. The Labute approximate surface area is 221 Å². The molecule has 10 heteroatoms. The zero-order valence-electron chi connectivity index (χ0n) is 20.1. The van der Waals surface area contributed by atoms with Crippen LogP contribution in [0.25, 0.3) is 6.08 Å². The minimum atomic E-state index is -0.839. The van der Waals surface area contributed by atoms with E-state index in [1.54, 1.807) is 56.3 Å². The predicted molar refractivity (Wildman–Crippen MR) is 141 cm³/mol. The molecule has 0 aliphatic carbocycles. The monoisotopic (exact) mass is 546 g/mol. The molecule has 1 aliphatic rings. The van der Waals surface area contributed by atoms with Gasteiger partial charge in [-0.25, -0.2) is 9.79 Å². The van der Waals surface area contributed by atoms with Gasteiger partial charge in [-0.05, 0) is 44.5 Å². The molecule has 1 aromatic heterocycles. The van der Waals surface area contributed by atoms with E-state index in [-0.39, 0.29) is 17.7 Å². The lowest BCUT2D eigenvalue weighted by Gasteiger charge is -2.26. The minimum Gasteiger partial charge on any atom is -0.493 e. The number of hydrogen-bond acceptors (Lipinski definition) is 7. The van der Waals surface area contributed by atoms with Gasteiger partial charge in [0.2, 0.25) is 0 Å². The molecule has 2 aromatic carbocycles. The van der Waals surface area contributed by atoms with Crippen LogP contribution in [-0.4, -0.2) is 30.9 Å². The van der Waals surface area contributed by atoms with Crippen LogP contribution in [0.3, 0.4) is 0 Å². The fourth-order valence-electron chi connectivity index (χ4n) is 4.07. The van der Waals surface area contributed by atoms with Crippen molar-refractivity contribution in [1.82, 2.24) is 4.57 Å². The van der Waals surface area contributed by atoms with Crippen LogP contribution in [-0.2, 0) is 9.53 Å². The first kappa shape index (κ1) is 26.0. The number of ether oxygens (including phenoxy) is 3. The van der Waals surface area contributed by atoms with Gasteiger partial charge in [0.15, 0.2) is 16.3 Å². The molecule has 188 valence electrons. The molecule has 0 fully saturated rings. The minimum absolute atomic E-state index is 0.177. The van der Waals surface area contributed by atoms with Crippen molar-refractivity contribution in [3.05, 3.63) is 88.5 Å². The SMILES string of the molecule is CCOC(=O)C1=C(C)N=c2s/c(=C/c3cccc(Cl)c3Cl)c(=O)n2[C@@H]1c1cccc(OC)c1OCC. The number of para-hydroxylation sites is 1. The molecule has 0 radical (unpaired) electrons. The van der Waals surface area contributed by atoms with E-state index in [0.717, 1.165) is 0 Å². The van der Waals surface area contributed by atoms with Gasteiger partial charge in [-0.15, -0.1) is 0 Å². The number of benzene rings is 2. The van der Waals surface area contributed by atoms with Crippen molar-refractivity contribution >= 4 is 46.6 Å². The van der Waals surface area contributed by atoms with Crippen molar-refractivity contribution in [3.63, 3.8) is 0 Å². The number of nitrogens with zero attached hydrogens (tertiary/aromatic N) is 2. The second kappa shape index (κ2) is 10.9. The van der Waals surface area contributed by atoms with E-state index in [1.807, 2.05) is 6.92 Å². The smallest absolute Gasteiger partial charge is 0.338 e. The fraction of sp³-hybridized carbons (Fsp3) is 0.269. The van der Waals surface area contributed by atoms with E-state index in [1.165, 1.54) is 23.0 Å². The zero-order valence-corrected chi connectivity index (χ0v) is 22.5. The number of thiazole rings is 1. The Hall–Kier alpha value is -3.07. The lowest BCUT2D eigenvalue weighted by atomic mass is 9.94. The van der Waals surface area contributed by atoms with Crippen molar-refractivity contribution in [1.29, 1.82) is 0 Å². The van der Waals surface area contributed by atoms with Crippen LogP contribution in [0.1, 0.15) is 37.9 Å². The van der Waals surface area contributed by atoms with Crippen LogP contribution in [0, 0.1) is 0 Å². The van der Waals surface area contributed by atoms with Crippen LogP contribution >= 0.6 is 34.5 Å². The van der Waals surface area contributed by atoms with Crippen molar-refractivity contribution in [2.24, 2.45) is 4.99 Å². The number of methoxy groups -OCH3 is 1. The molecular formula is C26H24Cl2N2O5S.